The molecule has 3 aromatic carbocycles. The van der Waals surface area contributed by atoms with Crippen molar-refractivity contribution in [2.75, 3.05) is 0 Å². The molecule has 2 nitrogen and oxygen atoms in total. The van der Waals surface area contributed by atoms with E-state index >= 15 is 0 Å². The van der Waals surface area contributed by atoms with E-state index in [2.05, 4.69) is 22.1 Å². The van der Waals surface area contributed by atoms with Gasteiger partial charge in [-0.15, -0.1) is 0 Å². The maximum absolute atomic E-state index is 6.03. The van der Waals surface area contributed by atoms with Crippen LogP contribution in [0.1, 0.15) is 0 Å². The molecule has 1 heterocycles. The van der Waals surface area contributed by atoms with Gasteiger partial charge in [0.15, 0.2) is 10.3 Å². The molecule has 0 bridgehead atoms. The minimum Gasteiger partial charge on any atom is -0.230 e. The van der Waals surface area contributed by atoms with E-state index in [-0.39, 0.29) is 10.3 Å². The van der Waals surface area contributed by atoms with Crippen molar-refractivity contribution in [3.8, 4) is 0 Å². The fourth-order valence-electron chi connectivity index (χ4n) is 2.62. The molecule has 1 aromatic heterocycles. The first-order chi connectivity index (χ1) is 9.75. The van der Waals surface area contributed by atoms with Crippen molar-refractivity contribution in [1.82, 2.24) is 9.97 Å². The van der Waals surface area contributed by atoms with E-state index in [1.807, 2.05) is 36.4 Å². The molecule has 0 amide bonds. The van der Waals surface area contributed by atoms with Crippen LogP contribution in [0.3, 0.4) is 0 Å². The SMILES string of the molecule is Clc1nc2c3ccccc3c3ccccc3c2nc1Cl. The van der Waals surface area contributed by atoms with Crippen LogP contribution < -0.4 is 0 Å². The fraction of sp³-hybridized carbons (Fsp3) is 0. The summed E-state index contributed by atoms with van der Waals surface area (Å²) in [6.45, 7) is 0. The number of aromatic nitrogens is 2. The predicted octanol–water partition coefficient (Wildman–Crippen LogP) is 5.24. The number of fused-ring (bicyclic) bond motifs is 6. The Balaban J connectivity index is 2.42. The molecular weight excluding hydrogens is 291 g/mol. The van der Waals surface area contributed by atoms with Gasteiger partial charge in [0.2, 0.25) is 0 Å². The van der Waals surface area contributed by atoms with Crippen LogP contribution in [-0.2, 0) is 0 Å². The lowest BCUT2D eigenvalue weighted by molar-refractivity contribution is 1.31. The summed E-state index contributed by atoms with van der Waals surface area (Å²) >= 11 is 12.1. The first-order valence-corrected chi connectivity index (χ1v) is 6.93. The number of rotatable bonds is 0. The fourth-order valence-corrected chi connectivity index (χ4v) is 2.87. The van der Waals surface area contributed by atoms with Crippen molar-refractivity contribution in [1.29, 1.82) is 0 Å². The van der Waals surface area contributed by atoms with Crippen LogP contribution in [0.4, 0.5) is 0 Å². The minimum atomic E-state index is 0.236. The lowest BCUT2D eigenvalue weighted by Gasteiger charge is -2.09. The van der Waals surface area contributed by atoms with Gasteiger partial charge < -0.3 is 0 Å². The molecule has 0 radical (unpaired) electrons. The summed E-state index contributed by atoms with van der Waals surface area (Å²) in [5, 5.41) is 4.82. The molecule has 0 atom stereocenters. The van der Waals surface area contributed by atoms with E-state index in [1.165, 1.54) is 0 Å². The number of nitrogens with zero attached hydrogens (tertiary/aromatic N) is 2. The van der Waals surface area contributed by atoms with Crippen molar-refractivity contribution in [3.63, 3.8) is 0 Å². The molecule has 0 spiro atoms. The van der Waals surface area contributed by atoms with Gasteiger partial charge in [0.25, 0.3) is 0 Å². The third kappa shape index (κ3) is 1.59. The molecule has 4 heteroatoms. The van der Waals surface area contributed by atoms with E-state index < -0.39 is 0 Å². The molecule has 4 rings (SSSR count). The van der Waals surface area contributed by atoms with Gasteiger partial charge in [0.1, 0.15) is 0 Å². The molecule has 4 aromatic rings. The van der Waals surface area contributed by atoms with E-state index in [9.17, 15) is 0 Å². The quantitative estimate of drug-likeness (QED) is 0.415. The lowest BCUT2D eigenvalue weighted by atomic mass is 10.00. The standard InChI is InChI=1S/C16H8Cl2N2/c17-15-16(18)20-14-12-8-4-2-6-10(12)9-5-1-3-7-11(9)13(14)19-15/h1-8H. The zero-order valence-corrected chi connectivity index (χ0v) is 11.8. The Morgan fingerprint density at radius 1 is 0.550 bits per heavy atom. The minimum absolute atomic E-state index is 0.236. The van der Waals surface area contributed by atoms with Gasteiger partial charge in [0.05, 0.1) is 11.0 Å². The zero-order chi connectivity index (χ0) is 13.7. The van der Waals surface area contributed by atoms with E-state index in [0.717, 1.165) is 32.6 Å². The highest BCUT2D eigenvalue weighted by Gasteiger charge is 2.12. The topological polar surface area (TPSA) is 25.8 Å². The Hall–Kier alpha value is -1.90. The summed E-state index contributed by atoms with van der Waals surface area (Å²) in [7, 11) is 0. The molecule has 0 saturated carbocycles. The summed E-state index contributed by atoms with van der Waals surface area (Å²) in [4.78, 5) is 8.85. The van der Waals surface area contributed by atoms with Crippen LogP contribution in [0.25, 0.3) is 32.6 Å². The Morgan fingerprint density at radius 3 is 1.30 bits per heavy atom. The summed E-state index contributed by atoms with van der Waals surface area (Å²) in [6.07, 6.45) is 0. The second-order valence-corrected chi connectivity index (χ2v) is 5.31. The Labute approximate surface area is 125 Å². The monoisotopic (exact) mass is 298 g/mol. The Bertz CT molecular complexity index is 900. The van der Waals surface area contributed by atoms with Gasteiger partial charge in [-0.1, -0.05) is 71.7 Å². The largest absolute Gasteiger partial charge is 0.230 e. The van der Waals surface area contributed by atoms with Crippen LogP contribution in [-0.4, -0.2) is 9.97 Å². The summed E-state index contributed by atoms with van der Waals surface area (Å²) < 4.78 is 0. The van der Waals surface area contributed by atoms with Crippen LogP contribution in [0.2, 0.25) is 10.3 Å². The summed E-state index contributed by atoms with van der Waals surface area (Å²) in [5.41, 5.74) is 1.57. The number of hydrogen-bond donors (Lipinski definition) is 0. The van der Waals surface area contributed by atoms with Crippen LogP contribution in [0.15, 0.2) is 48.5 Å². The van der Waals surface area contributed by atoms with E-state index in [4.69, 9.17) is 23.2 Å². The van der Waals surface area contributed by atoms with E-state index in [1.54, 1.807) is 0 Å². The molecule has 0 aliphatic rings. The Kier molecular flexibility index (Phi) is 2.56. The second kappa shape index (κ2) is 4.30. The van der Waals surface area contributed by atoms with Crippen molar-refractivity contribution >= 4 is 55.8 Å². The van der Waals surface area contributed by atoms with Gasteiger partial charge in [-0.05, 0) is 10.8 Å². The van der Waals surface area contributed by atoms with Crippen LogP contribution in [0, 0.1) is 0 Å². The van der Waals surface area contributed by atoms with Gasteiger partial charge in [-0.25, -0.2) is 9.97 Å². The Morgan fingerprint density at radius 2 is 0.900 bits per heavy atom. The first kappa shape index (κ1) is 11.9. The van der Waals surface area contributed by atoms with Gasteiger partial charge >= 0.3 is 0 Å². The summed E-state index contributed by atoms with van der Waals surface area (Å²) in [5.74, 6) is 0. The smallest absolute Gasteiger partial charge is 0.167 e. The maximum atomic E-state index is 6.03. The first-order valence-electron chi connectivity index (χ1n) is 6.18. The molecule has 20 heavy (non-hydrogen) atoms. The van der Waals surface area contributed by atoms with Gasteiger partial charge in [0, 0.05) is 10.8 Å². The predicted molar refractivity (Wildman–Crippen MR) is 84.6 cm³/mol. The van der Waals surface area contributed by atoms with Crippen molar-refractivity contribution in [3.05, 3.63) is 58.8 Å². The van der Waals surface area contributed by atoms with Gasteiger partial charge in [-0.3, -0.25) is 0 Å². The third-order valence-electron chi connectivity index (χ3n) is 3.47. The molecule has 0 unspecified atom stereocenters. The summed E-state index contributed by atoms with van der Waals surface area (Å²) in [6, 6.07) is 16.2. The van der Waals surface area contributed by atoms with Crippen LogP contribution in [0.5, 0.6) is 0 Å². The molecule has 0 N–H and O–H groups in total. The van der Waals surface area contributed by atoms with Crippen molar-refractivity contribution in [2.24, 2.45) is 0 Å². The zero-order valence-electron chi connectivity index (χ0n) is 10.3. The lowest BCUT2D eigenvalue weighted by Crippen LogP contribution is -1.90. The molecule has 0 saturated heterocycles. The van der Waals surface area contributed by atoms with Crippen molar-refractivity contribution < 1.29 is 0 Å². The number of halogens is 2. The highest BCUT2D eigenvalue weighted by Crippen LogP contribution is 2.34. The number of hydrogen-bond acceptors (Lipinski definition) is 2. The third-order valence-corrected chi connectivity index (χ3v) is 4.09. The van der Waals surface area contributed by atoms with Gasteiger partial charge in [-0.2, -0.15) is 0 Å². The normalized spacial score (nSPS) is 11.5. The average Bonchev–Trinajstić information content (AvgIpc) is 2.49. The number of benzene rings is 3. The molecule has 0 aliphatic carbocycles. The highest BCUT2D eigenvalue weighted by atomic mass is 35.5. The van der Waals surface area contributed by atoms with Crippen molar-refractivity contribution in [2.45, 2.75) is 0 Å². The highest BCUT2D eigenvalue weighted by molar-refractivity contribution is 6.41. The molecule has 96 valence electrons. The second-order valence-electron chi connectivity index (χ2n) is 4.59. The maximum Gasteiger partial charge on any atom is 0.167 e. The molecule has 0 fully saturated rings. The van der Waals surface area contributed by atoms with E-state index in [0.29, 0.717) is 0 Å². The molecule has 0 aliphatic heterocycles. The molecular formula is C16H8Cl2N2. The van der Waals surface area contributed by atoms with Crippen LogP contribution >= 0.6 is 23.2 Å². The average molecular weight is 299 g/mol.